The number of ether oxygens (including phenoxy) is 1. The topological polar surface area (TPSA) is 39.4 Å². The predicted octanol–water partition coefficient (Wildman–Crippen LogP) is 5.17. The van der Waals surface area contributed by atoms with Gasteiger partial charge in [-0.25, -0.2) is 4.79 Å². The van der Waals surface area contributed by atoms with Crippen molar-refractivity contribution >= 4 is 34.2 Å². The lowest BCUT2D eigenvalue weighted by Gasteiger charge is -2.10. The standard InChI is InChI=1S/C19H14Cl2O3/c20-16-5-4-14(9-17(16)21)23-10-13-8-19(22)24-18-7-12-3-1-2-11(12)6-15(13)18/h4-9H,1-3,10H2. The molecule has 2 aromatic carbocycles. The SMILES string of the molecule is O=c1cc(COc2ccc(Cl)c(Cl)c2)c2cc3c(cc2o1)CCC3. The van der Waals surface area contributed by atoms with E-state index >= 15 is 0 Å². The van der Waals surface area contributed by atoms with Gasteiger partial charge in [-0.2, -0.15) is 0 Å². The zero-order chi connectivity index (χ0) is 16.7. The number of fused-ring (bicyclic) bond motifs is 2. The monoisotopic (exact) mass is 360 g/mol. The van der Waals surface area contributed by atoms with Gasteiger partial charge in [0.15, 0.2) is 0 Å². The van der Waals surface area contributed by atoms with Gasteiger partial charge in [0.05, 0.1) is 10.0 Å². The van der Waals surface area contributed by atoms with Gasteiger partial charge in [-0.1, -0.05) is 23.2 Å². The summed E-state index contributed by atoms with van der Waals surface area (Å²) in [6.45, 7) is 0.263. The lowest BCUT2D eigenvalue weighted by atomic mass is 10.0. The fourth-order valence-corrected chi connectivity index (χ4v) is 3.43. The van der Waals surface area contributed by atoms with Gasteiger partial charge < -0.3 is 9.15 Å². The molecule has 4 rings (SSSR count). The molecule has 24 heavy (non-hydrogen) atoms. The third-order valence-corrected chi connectivity index (χ3v) is 5.07. The summed E-state index contributed by atoms with van der Waals surface area (Å²) >= 11 is 11.9. The van der Waals surface area contributed by atoms with Crippen molar-refractivity contribution in [3.8, 4) is 5.75 Å². The summed E-state index contributed by atoms with van der Waals surface area (Å²) in [5.74, 6) is 0.604. The van der Waals surface area contributed by atoms with Gasteiger partial charge in [0.1, 0.15) is 17.9 Å². The minimum absolute atomic E-state index is 0.263. The minimum atomic E-state index is -0.367. The van der Waals surface area contributed by atoms with E-state index in [4.69, 9.17) is 32.4 Å². The number of aryl methyl sites for hydroxylation is 2. The Balaban J connectivity index is 1.70. The van der Waals surface area contributed by atoms with Crippen LogP contribution in [0.25, 0.3) is 11.0 Å². The summed E-state index contributed by atoms with van der Waals surface area (Å²) in [6, 6.07) is 10.7. The van der Waals surface area contributed by atoms with E-state index in [9.17, 15) is 4.79 Å². The van der Waals surface area contributed by atoms with Crippen LogP contribution in [0.3, 0.4) is 0 Å². The Morgan fingerprint density at radius 1 is 1.00 bits per heavy atom. The molecule has 0 aliphatic heterocycles. The third-order valence-electron chi connectivity index (χ3n) is 4.33. The predicted molar refractivity (Wildman–Crippen MR) is 95.3 cm³/mol. The van der Waals surface area contributed by atoms with E-state index in [1.165, 1.54) is 17.2 Å². The van der Waals surface area contributed by atoms with Crippen LogP contribution in [0, 0.1) is 0 Å². The molecule has 1 aliphatic carbocycles. The summed E-state index contributed by atoms with van der Waals surface area (Å²) in [5, 5.41) is 1.84. The number of hydrogen-bond acceptors (Lipinski definition) is 3. The first-order chi connectivity index (χ1) is 11.6. The van der Waals surface area contributed by atoms with Crippen molar-refractivity contribution in [2.75, 3.05) is 0 Å². The molecule has 0 atom stereocenters. The highest BCUT2D eigenvalue weighted by molar-refractivity contribution is 6.42. The molecule has 0 spiro atoms. The molecule has 5 heteroatoms. The zero-order valence-electron chi connectivity index (χ0n) is 12.8. The second kappa shape index (κ2) is 6.15. The first-order valence-electron chi connectivity index (χ1n) is 7.76. The number of rotatable bonds is 3. The first-order valence-corrected chi connectivity index (χ1v) is 8.52. The normalized spacial score (nSPS) is 13.2. The molecule has 0 radical (unpaired) electrons. The molecule has 0 N–H and O–H groups in total. The number of hydrogen-bond donors (Lipinski definition) is 0. The van der Waals surface area contributed by atoms with Crippen LogP contribution < -0.4 is 10.4 Å². The molecule has 0 unspecified atom stereocenters. The summed E-state index contributed by atoms with van der Waals surface area (Å²) in [5.41, 5.74) is 3.66. The molecule has 3 nitrogen and oxygen atoms in total. The van der Waals surface area contributed by atoms with Crippen LogP contribution in [0.5, 0.6) is 5.75 Å². The zero-order valence-corrected chi connectivity index (χ0v) is 14.3. The Kier molecular flexibility index (Phi) is 3.99. The van der Waals surface area contributed by atoms with Crippen LogP contribution in [-0.4, -0.2) is 0 Å². The molecule has 0 amide bonds. The van der Waals surface area contributed by atoms with E-state index in [-0.39, 0.29) is 12.2 Å². The largest absolute Gasteiger partial charge is 0.489 e. The highest BCUT2D eigenvalue weighted by Gasteiger charge is 2.15. The van der Waals surface area contributed by atoms with Crippen molar-refractivity contribution in [1.29, 1.82) is 0 Å². The molecule has 1 aromatic heterocycles. The van der Waals surface area contributed by atoms with Crippen LogP contribution in [-0.2, 0) is 19.4 Å². The third kappa shape index (κ3) is 2.90. The highest BCUT2D eigenvalue weighted by atomic mass is 35.5. The van der Waals surface area contributed by atoms with E-state index < -0.39 is 0 Å². The molecule has 122 valence electrons. The fourth-order valence-electron chi connectivity index (χ4n) is 3.14. The Hall–Kier alpha value is -1.97. The van der Waals surface area contributed by atoms with Gasteiger partial charge in [-0.3, -0.25) is 0 Å². The van der Waals surface area contributed by atoms with E-state index in [1.807, 2.05) is 6.07 Å². The molecular formula is C19H14Cl2O3. The minimum Gasteiger partial charge on any atom is -0.489 e. The van der Waals surface area contributed by atoms with Gasteiger partial charge in [-0.15, -0.1) is 0 Å². The second-order valence-corrected chi connectivity index (χ2v) is 6.74. The van der Waals surface area contributed by atoms with Gasteiger partial charge in [0, 0.05) is 23.1 Å². The second-order valence-electron chi connectivity index (χ2n) is 5.93. The van der Waals surface area contributed by atoms with Crippen molar-refractivity contribution in [2.24, 2.45) is 0 Å². The van der Waals surface area contributed by atoms with Gasteiger partial charge in [0.2, 0.25) is 0 Å². The first kappa shape index (κ1) is 15.6. The van der Waals surface area contributed by atoms with E-state index in [1.54, 1.807) is 18.2 Å². The smallest absolute Gasteiger partial charge is 0.336 e. The van der Waals surface area contributed by atoms with Gasteiger partial charge in [-0.05, 0) is 54.7 Å². The molecule has 1 aliphatic rings. The van der Waals surface area contributed by atoms with Crippen LogP contribution in [0.2, 0.25) is 10.0 Å². The maximum atomic E-state index is 11.9. The van der Waals surface area contributed by atoms with Crippen LogP contribution >= 0.6 is 23.2 Å². The van der Waals surface area contributed by atoms with Crippen molar-refractivity contribution < 1.29 is 9.15 Å². The summed E-state index contributed by atoms with van der Waals surface area (Å²) in [7, 11) is 0. The van der Waals surface area contributed by atoms with E-state index in [0.29, 0.717) is 21.4 Å². The molecule has 0 bridgehead atoms. The Morgan fingerprint density at radius 3 is 2.58 bits per heavy atom. The maximum Gasteiger partial charge on any atom is 0.336 e. The Morgan fingerprint density at radius 2 is 1.79 bits per heavy atom. The summed E-state index contributed by atoms with van der Waals surface area (Å²) < 4.78 is 11.2. The molecule has 0 saturated heterocycles. The van der Waals surface area contributed by atoms with Crippen molar-refractivity contribution in [1.82, 2.24) is 0 Å². The average molecular weight is 361 g/mol. The average Bonchev–Trinajstić information content (AvgIpc) is 3.01. The number of benzene rings is 2. The van der Waals surface area contributed by atoms with Crippen LogP contribution in [0.15, 0.2) is 45.6 Å². The molecule has 0 fully saturated rings. The van der Waals surface area contributed by atoms with Gasteiger partial charge >= 0.3 is 5.63 Å². The molecule has 1 heterocycles. The Bertz CT molecular complexity index is 992. The summed E-state index contributed by atoms with van der Waals surface area (Å²) in [6.07, 6.45) is 3.25. The molecule has 3 aromatic rings. The lowest BCUT2D eigenvalue weighted by Crippen LogP contribution is -2.04. The fraction of sp³-hybridized carbons (Fsp3) is 0.211. The quantitative estimate of drug-likeness (QED) is 0.605. The van der Waals surface area contributed by atoms with E-state index in [2.05, 4.69) is 6.07 Å². The van der Waals surface area contributed by atoms with Crippen LogP contribution in [0.4, 0.5) is 0 Å². The van der Waals surface area contributed by atoms with Crippen molar-refractivity contribution in [3.63, 3.8) is 0 Å². The van der Waals surface area contributed by atoms with Crippen LogP contribution in [0.1, 0.15) is 23.1 Å². The summed E-state index contributed by atoms with van der Waals surface area (Å²) in [4.78, 5) is 11.9. The highest BCUT2D eigenvalue weighted by Crippen LogP contribution is 2.30. The van der Waals surface area contributed by atoms with Crippen molar-refractivity contribution in [3.05, 3.63) is 73.6 Å². The lowest BCUT2D eigenvalue weighted by molar-refractivity contribution is 0.306. The maximum absolute atomic E-state index is 11.9. The Labute approximate surface area is 148 Å². The van der Waals surface area contributed by atoms with E-state index in [0.717, 1.165) is 30.2 Å². The van der Waals surface area contributed by atoms with Gasteiger partial charge in [0.25, 0.3) is 0 Å². The molecular weight excluding hydrogens is 347 g/mol. The molecule has 0 saturated carbocycles. The number of halogens is 2. The van der Waals surface area contributed by atoms with Crippen molar-refractivity contribution in [2.45, 2.75) is 25.9 Å².